The minimum Gasteiger partial charge on any atom is -0.394 e. The zero-order valence-electron chi connectivity index (χ0n) is 16.0. The Morgan fingerprint density at radius 1 is 1.32 bits per heavy atom. The van der Waals surface area contributed by atoms with Gasteiger partial charge in [-0.25, -0.2) is 9.50 Å². The molecule has 7 nitrogen and oxygen atoms in total. The summed E-state index contributed by atoms with van der Waals surface area (Å²) in [6.07, 6.45) is 2.88. The predicted molar refractivity (Wildman–Crippen MR) is 105 cm³/mol. The number of amides is 1. The van der Waals surface area contributed by atoms with Crippen molar-refractivity contribution in [2.45, 2.75) is 39.2 Å². The fraction of sp³-hybridized carbons (Fsp3) is 0.333. The monoisotopic (exact) mass is 377 g/mol. The molecule has 2 N–H and O–H groups in total. The van der Waals surface area contributed by atoms with Gasteiger partial charge in [0.15, 0.2) is 5.65 Å². The number of nitriles is 1. The highest BCUT2D eigenvalue weighted by Crippen LogP contribution is 2.18. The molecule has 1 amide bonds. The number of hydrogen-bond donors (Lipinski definition) is 2. The Balaban J connectivity index is 1.66. The van der Waals surface area contributed by atoms with Crippen molar-refractivity contribution >= 4 is 11.6 Å². The second kappa shape index (κ2) is 8.63. The van der Waals surface area contributed by atoms with E-state index in [0.717, 1.165) is 22.5 Å². The van der Waals surface area contributed by atoms with E-state index in [-0.39, 0.29) is 25.0 Å². The zero-order chi connectivity index (χ0) is 20.1. The molecule has 0 fully saturated rings. The van der Waals surface area contributed by atoms with Gasteiger partial charge in [0.25, 0.3) is 0 Å². The van der Waals surface area contributed by atoms with E-state index in [1.54, 1.807) is 4.52 Å². The molecule has 0 radical (unpaired) electrons. The van der Waals surface area contributed by atoms with E-state index in [1.165, 1.54) is 6.20 Å². The van der Waals surface area contributed by atoms with Crippen molar-refractivity contribution in [3.63, 3.8) is 0 Å². The van der Waals surface area contributed by atoms with E-state index < -0.39 is 0 Å². The van der Waals surface area contributed by atoms with Gasteiger partial charge in [-0.15, -0.1) is 0 Å². The van der Waals surface area contributed by atoms with Crippen molar-refractivity contribution in [3.8, 4) is 6.07 Å². The topological polar surface area (TPSA) is 103 Å². The van der Waals surface area contributed by atoms with Crippen LogP contribution in [-0.4, -0.2) is 38.3 Å². The summed E-state index contributed by atoms with van der Waals surface area (Å²) in [5.41, 5.74) is 4.64. The number of nitrogens with zero attached hydrogens (tertiary/aromatic N) is 4. The summed E-state index contributed by atoms with van der Waals surface area (Å²) < 4.78 is 1.64. The Hall–Kier alpha value is -3.24. The van der Waals surface area contributed by atoms with Gasteiger partial charge in [0.05, 0.1) is 18.8 Å². The lowest BCUT2D eigenvalue weighted by Crippen LogP contribution is -2.39. The van der Waals surface area contributed by atoms with Crippen molar-refractivity contribution < 1.29 is 9.90 Å². The molecule has 1 atom stereocenters. The smallest absolute Gasteiger partial charge is 0.220 e. The van der Waals surface area contributed by atoms with E-state index in [1.807, 2.05) is 44.2 Å². The molecule has 28 heavy (non-hydrogen) atoms. The lowest BCUT2D eigenvalue weighted by molar-refractivity contribution is -0.122. The summed E-state index contributed by atoms with van der Waals surface area (Å²) in [7, 11) is 0. The summed E-state index contributed by atoms with van der Waals surface area (Å²) >= 11 is 0. The van der Waals surface area contributed by atoms with Gasteiger partial charge in [-0.3, -0.25) is 4.79 Å². The maximum absolute atomic E-state index is 12.4. The number of carbonyl (C=O) groups is 1. The first-order valence-electron chi connectivity index (χ1n) is 9.21. The van der Waals surface area contributed by atoms with Crippen LogP contribution in [0.2, 0.25) is 0 Å². The first kappa shape index (κ1) is 19.5. The van der Waals surface area contributed by atoms with Crippen LogP contribution in [0.25, 0.3) is 5.65 Å². The molecule has 3 aromatic rings. The SMILES string of the molecule is Cc1nc2c(C#N)cnn2c(C)c1CCC(=O)NC(CO)Cc1ccccc1. The Labute approximate surface area is 163 Å². The number of rotatable bonds is 7. The average Bonchev–Trinajstić information content (AvgIpc) is 3.11. The van der Waals surface area contributed by atoms with Gasteiger partial charge in [-0.05, 0) is 37.8 Å². The first-order valence-corrected chi connectivity index (χ1v) is 9.21. The maximum atomic E-state index is 12.4. The van der Waals surface area contributed by atoms with Crippen molar-refractivity contribution in [2.75, 3.05) is 6.61 Å². The minimum absolute atomic E-state index is 0.115. The molecule has 1 unspecified atom stereocenters. The molecule has 0 aliphatic heterocycles. The van der Waals surface area contributed by atoms with E-state index >= 15 is 0 Å². The number of aromatic nitrogens is 3. The summed E-state index contributed by atoms with van der Waals surface area (Å²) in [6.45, 7) is 3.67. The van der Waals surface area contributed by atoms with Crippen LogP contribution >= 0.6 is 0 Å². The molecule has 7 heteroatoms. The molecule has 0 aliphatic rings. The van der Waals surface area contributed by atoms with Crippen LogP contribution < -0.4 is 5.32 Å². The largest absolute Gasteiger partial charge is 0.394 e. The number of nitrogens with one attached hydrogen (secondary N) is 1. The van der Waals surface area contributed by atoms with Gasteiger partial charge >= 0.3 is 0 Å². The predicted octanol–water partition coefficient (Wildman–Crippen LogP) is 1.87. The Morgan fingerprint density at radius 3 is 2.75 bits per heavy atom. The molecule has 2 heterocycles. The Kier molecular flexibility index (Phi) is 6.02. The van der Waals surface area contributed by atoms with Crippen molar-refractivity contribution in [1.82, 2.24) is 19.9 Å². The highest BCUT2D eigenvalue weighted by atomic mass is 16.3. The second-order valence-corrected chi connectivity index (χ2v) is 6.80. The van der Waals surface area contributed by atoms with Gasteiger partial charge < -0.3 is 10.4 Å². The van der Waals surface area contributed by atoms with Gasteiger partial charge in [-0.1, -0.05) is 30.3 Å². The maximum Gasteiger partial charge on any atom is 0.220 e. The lowest BCUT2D eigenvalue weighted by atomic mass is 10.0. The van der Waals surface area contributed by atoms with Crippen LogP contribution in [0.3, 0.4) is 0 Å². The second-order valence-electron chi connectivity index (χ2n) is 6.80. The molecule has 144 valence electrons. The quantitative estimate of drug-likeness (QED) is 0.654. The van der Waals surface area contributed by atoms with E-state index in [9.17, 15) is 9.90 Å². The van der Waals surface area contributed by atoms with E-state index in [4.69, 9.17) is 5.26 Å². The highest BCUT2D eigenvalue weighted by Gasteiger charge is 2.16. The van der Waals surface area contributed by atoms with Gasteiger partial charge in [0, 0.05) is 17.8 Å². The van der Waals surface area contributed by atoms with Gasteiger partial charge in [0.2, 0.25) is 5.91 Å². The molecular weight excluding hydrogens is 354 g/mol. The number of carbonyl (C=O) groups excluding carboxylic acids is 1. The van der Waals surface area contributed by atoms with E-state index in [2.05, 4.69) is 21.5 Å². The molecule has 1 aromatic carbocycles. The van der Waals surface area contributed by atoms with Crippen LogP contribution in [-0.2, 0) is 17.6 Å². The Morgan fingerprint density at radius 2 is 2.07 bits per heavy atom. The molecule has 0 bridgehead atoms. The third kappa shape index (κ3) is 4.18. The van der Waals surface area contributed by atoms with Crippen LogP contribution in [0.4, 0.5) is 0 Å². The van der Waals surface area contributed by atoms with Gasteiger partial charge in [0.1, 0.15) is 11.6 Å². The molecule has 0 saturated heterocycles. The first-order chi connectivity index (χ1) is 13.5. The molecule has 0 aliphatic carbocycles. The summed E-state index contributed by atoms with van der Waals surface area (Å²) in [5, 5.41) is 25.9. The number of benzene rings is 1. The number of aryl methyl sites for hydroxylation is 2. The standard InChI is InChI=1S/C21H23N5O2/c1-14-19(15(2)26-21(24-14)17(11-22)12-23-26)8-9-20(28)25-18(13-27)10-16-6-4-3-5-7-16/h3-7,12,18,27H,8-10,13H2,1-2H3,(H,25,28). The summed E-state index contributed by atoms with van der Waals surface area (Å²) in [4.78, 5) is 16.9. The molecule has 0 saturated carbocycles. The third-order valence-electron chi connectivity index (χ3n) is 4.84. The summed E-state index contributed by atoms with van der Waals surface area (Å²) in [5.74, 6) is -0.118. The van der Waals surface area contributed by atoms with Crippen molar-refractivity contribution in [3.05, 3.63) is 64.6 Å². The minimum atomic E-state index is -0.318. The lowest BCUT2D eigenvalue weighted by Gasteiger charge is -2.17. The zero-order valence-corrected chi connectivity index (χ0v) is 16.0. The fourth-order valence-corrected chi connectivity index (χ4v) is 3.35. The van der Waals surface area contributed by atoms with Gasteiger partial charge in [-0.2, -0.15) is 10.4 Å². The number of aliphatic hydroxyl groups is 1. The normalized spacial score (nSPS) is 11.9. The molecular formula is C21H23N5O2. The van der Waals surface area contributed by atoms with Crippen LogP contribution in [0.1, 0.15) is 34.5 Å². The summed E-state index contributed by atoms with van der Waals surface area (Å²) in [6, 6.07) is 11.5. The van der Waals surface area contributed by atoms with E-state index in [0.29, 0.717) is 24.1 Å². The molecule has 3 rings (SSSR count). The number of fused-ring (bicyclic) bond motifs is 1. The third-order valence-corrected chi connectivity index (χ3v) is 4.84. The van der Waals surface area contributed by atoms with Crippen molar-refractivity contribution in [2.24, 2.45) is 0 Å². The Bertz CT molecular complexity index is 1020. The number of aliphatic hydroxyl groups excluding tert-OH is 1. The highest BCUT2D eigenvalue weighted by molar-refractivity contribution is 5.76. The van der Waals surface area contributed by atoms with Crippen molar-refractivity contribution in [1.29, 1.82) is 5.26 Å². The average molecular weight is 377 g/mol. The molecule has 2 aromatic heterocycles. The van der Waals surface area contributed by atoms with Crippen LogP contribution in [0.15, 0.2) is 36.5 Å². The fourth-order valence-electron chi connectivity index (χ4n) is 3.35. The number of hydrogen-bond acceptors (Lipinski definition) is 5. The van der Waals surface area contributed by atoms with Crippen LogP contribution in [0.5, 0.6) is 0 Å². The van der Waals surface area contributed by atoms with Crippen LogP contribution in [0, 0.1) is 25.2 Å². The molecule has 0 spiro atoms.